The largest absolute Gasteiger partial charge is 0.433 e. The summed E-state index contributed by atoms with van der Waals surface area (Å²) in [6, 6.07) is 19.3. The standard InChI is InChI=1S/C22H20F3N3/c1-15-21(22(23,24)25)28-14-18(12-13-19(28)26-15)27-20(16-8-4-2-5-9-16)17-10-6-3-7-11-17/h2-11,18H,12-14H2,1H3. The van der Waals surface area contributed by atoms with Crippen LogP contribution in [-0.2, 0) is 19.1 Å². The van der Waals surface area contributed by atoms with E-state index < -0.39 is 11.9 Å². The first-order valence-electron chi connectivity index (χ1n) is 9.25. The number of aliphatic imine (C=N–C) groups is 1. The van der Waals surface area contributed by atoms with E-state index in [2.05, 4.69) is 4.98 Å². The Kier molecular flexibility index (Phi) is 4.79. The van der Waals surface area contributed by atoms with Gasteiger partial charge >= 0.3 is 6.18 Å². The molecule has 0 spiro atoms. The highest BCUT2D eigenvalue weighted by Gasteiger charge is 2.40. The molecule has 0 saturated carbocycles. The summed E-state index contributed by atoms with van der Waals surface area (Å²) in [7, 11) is 0. The van der Waals surface area contributed by atoms with E-state index in [1.807, 2.05) is 60.7 Å². The van der Waals surface area contributed by atoms with E-state index in [1.54, 1.807) is 0 Å². The lowest BCUT2D eigenvalue weighted by Gasteiger charge is -2.24. The maximum Gasteiger partial charge on any atom is 0.433 e. The first-order valence-corrected chi connectivity index (χ1v) is 9.25. The van der Waals surface area contributed by atoms with Crippen molar-refractivity contribution in [2.24, 2.45) is 4.99 Å². The van der Waals surface area contributed by atoms with Crippen molar-refractivity contribution in [3.63, 3.8) is 0 Å². The molecule has 0 saturated heterocycles. The summed E-state index contributed by atoms with van der Waals surface area (Å²) < 4.78 is 41.8. The Morgan fingerprint density at radius 1 is 1.00 bits per heavy atom. The number of imidazole rings is 1. The highest BCUT2D eigenvalue weighted by Crippen LogP contribution is 2.35. The maximum atomic E-state index is 13.5. The fourth-order valence-electron chi connectivity index (χ4n) is 3.77. The van der Waals surface area contributed by atoms with Gasteiger partial charge < -0.3 is 4.57 Å². The molecule has 1 unspecified atom stereocenters. The molecule has 1 aliphatic rings. The zero-order chi connectivity index (χ0) is 19.7. The topological polar surface area (TPSA) is 30.2 Å². The average molecular weight is 383 g/mol. The predicted octanol–water partition coefficient (Wildman–Crippen LogP) is 5.06. The quantitative estimate of drug-likeness (QED) is 0.581. The second-order valence-corrected chi connectivity index (χ2v) is 6.97. The molecule has 4 rings (SSSR count). The van der Waals surface area contributed by atoms with Crippen LogP contribution in [0.3, 0.4) is 0 Å². The fourth-order valence-corrected chi connectivity index (χ4v) is 3.77. The number of fused-ring (bicyclic) bond motifs is 1. The summed E-state index contributed by atoms with van der Waals surface area (Å²) in [6.07, 6.45) is -3.25. The molecule has 2 heterocycles. The number of alkyl halides is 3. The van der Waals surface area contributed by atoms with Crippen molar-refractivity contribution in [2.45, 2.75) is 38.5 Å². The van der Waals surface area contributed by atoms with Crippen molar-refractivity contribution in [1.29, 1.82) is 0 Å². The van der Waals surface area contributed by atoms with Gasteiger partial charge in [-0.25, -0.2) is 4.98 Å². The van der Waals surface area contributed by atoms with Crippen molar-refractivity contribution in [3.8, 4) is 0 Å². The van der Waals surface area contributed by atoms with Gasteiger partial charge in [-0.05, 0) is 13.3 Å². The van der Waals surface area contributed by atoms with Crippen molar-refractivity contribution in [1.82, 2.24) is 9.55 Å². The molecule has 3 nitrogen and oxygen atoms in total. The highest BCUT2D eigenvalue weighted by molar-refractivity contribution is 6.12. The zero-order valence-electron chi connectivity index (χ0n) is 15.4. The molecule has 1 aromatic heterocycles. The summed E-state index contributed by atoms with van der Waals surface area (Å²) in [5.74, 6) is 0.497. The van der Waals surface area contributed by atoms with Gasteiger partial charge in [-0.1, -0.05) is 60.7 Å². The van der Waals surface area contributed by atoms with Gasteiger partial charge in [-0.3, -0.25) is 4.99 Å². The number of hydrogen-bond acceptors (Lipinski definition) is 2. The molecule has 1 atom stereocenters. The Bertz CT molecular complexity index is 948. The monoisotopic (exact) mass is 383 g/mol. The lowest BCUT2D eigenvalue weighted by Crippen LogP contribution is -2.28. The minimum atomic E-state index is -4.41. The lowest BCUT2D eigenvalue weighted by molar-refractivity contribution is -0.144. The maximum absolute atomic E-state index is 13.5. The molecule has 1 aliphatic heterocycles. The predicted molar refractivity (Wildman–Crippen MR) is 103 cm³/mol. The van der Waals surface area contributed by atoms with E-state index in [1.165, 1.54) is 11.5 Å². The minimum Gasteiger partial charge on any atom is -0.322 e. The van der Waals surface area contributed by atoms with Crippen LogP contribution >= 0.6 is 0 Å². The molecule has 0 amide bonds. The number of nitrogens with zero attached hydrogens (tertiary/aromatic N) is 3. The molecule has 6 heteroatoms. The van der Waals surface area contributed by atoms with Gasteiger partial charge in [-0.15, -0.1) is 0 Å². The van der Waals surface area contributed by atoms with E-state index in [-0.39, 0.29) is 18.3 Å². The van der Waals surface area contributed by atoms with Gasteiger partial charge in [0.15, 0.2) is 0 Å². The number of halogens is 3. The molecule has 28 heavy (non-hydrogen) atoms. The van der Waals surface area contributed by atoms with Crippen LogP contribution in [0.2, 0.25) is 0 Å². The van der Waals surface area contributed by atoms with Crippen LogP contribution in [-0.4, -0.2) is 21.3 Å². The first-order chi connectivity index (χ1) is 13.4. The highest BCUT2D eigenvalue weighted by atomic mass is 19.4. The van der Waals surface area contributed by atoms with E-state index in [4.69, 9.17) is 4.99 Å². The van der Waals surface area contributed by atoms with Gasteiger partial charge in [0.2, 0.25) is 0 Å². The van der Waals surface area contributed by atoms with Crippen molar-refractivity contribution in [2.75, 3.05) is 0 Å². The molecular weight excluding hydrogens is 363 g/mol. The van der Waals surface area contributed by atoms with Gasteiger partial charge in [0.1, 0.15) is 11.5 Å². The summed E-state index contributed by atoms with van der Waals surface area (Å²) in [5.41, 5.74) is 2.11. The zero-order valence-corrected chi connectivity index (χ0v) is 15.4. The number of aryl methyl sites for hydroxylation is 2. The summed E-state index contributed by atoms with van der Waals surface area (Å²) in [4.78, 5) is 9.05. The van der Waals surface area contributed by atoms with Gasteiger partial charge in [0, 0.05) is 24.1 Å². The smallest absolute Gasteiger partial charge is 0.322 e. The van der Waals surface area contributed by atoms with Crippen LogP contribution in [0.25, 0.3) is 0 Å². The Labute approximate surface area is 161 Å². The van der Waals surface area contributed by atoms with Gasteiger partial charge in [-0.2, -0.15) is 13.2 Å². The van der Waals surface area contributed by atoms with Crippen LogP contribution in [0.15, 0.2) is 65.7 Å². The van der Waals surface area contributed by atoms with Crippen molar-refractivity contribution in [3.05, 3.63) is 89.0 Å². The van der Waals surface area contributed by atoms with Gasteiger partial charge in [0.05, 0.1) is 17.4 Å². The third-order valence-corrected chi connectivity index (χ3v) is 4.99. The molecule has 2 aromatic carbocycles. The van der Waals surface area contributed by atoms with Crippen LogP contribution in [0.5, 0.6) is 0 Å². The molecule has 0 fully saturated rings. The molecule has 0 N–H and O–H groups in total. The van der Waals surface area contributed by atoms with E-state index >= 15 is 0 Å². The average Bonchev–Trinajstić information content (AvgIpc) is 3.02. The fraction of sp³-hybridized carbons (Fsp3) is 0.273. The van der Waals surface area contributed by atoms with E-state index in [9.17, 15) is 13.2 Å². The third kappa shape index (κ3) is 3.59. The number of benzene rings is 2. The number of rotatable bonds is 3. The molecule has 0 bridgehead atoms. The van der Waals surface area contributed by atoms with Crippen molar-refractivity contribution < 1.29 is 13.2 Å². The van der Waals surface area contributed by atoms with Crippen molar-refractivity contribution >= 4 is 5.71 Å². The Hall–Kier alpha value is -2.89. The SMILES string of the molecule is Cc1nc2n(c1C(F)(F)F)CC(N=C(c1ccccc1)c1ccccc1)CC2. The Morgan fingerprint density at radius 3 is 2.11 bits per heavy atom. The van der Waals surface area contributed by atoms with Gasteiger partial charge in [0.25, 0.3) is 0 Å². The second kappa shape index (κ2) is 7.26. The van der Waals surface area contributed by atoms with E-state index in [0.29, 0.717) is 18.7 Å². The normalized spacial score (nSPS) is 16.5. The van der Waals surface area contributed by atoms with Crippen LogP contribution < -0.4 is 0 Å². The number of aromatic nitrogens is 2. The lowest BCUT2D eigenvalue weighted by atomic mass is 10.0. The molecule has 0 aliphatic carbocycles. The summed E-state index contributed by atoms with van der Waals surface area (Å²) >= 11 is 0. The Morgan fingerprint density at radius 2 is 1.57 bits per heavy atom. The van der Waals surface area contributed by atoms with E-state index in [0.717, 1.165) is 16.8 Å². The first kappa shape index (κ1) is 18.5. The summed E-state index contributed by atoms with van der Waals surface area (Å²) in [5, 5.41) is 0. The third-order valence-electron chi connectivity index (χ3n) is 4.99. The van der Waals surface area contributed by atoms with Crippen LogP contribution in [0.4, 0.5) is 13.2 Å². The number of hydrogen-bond donors (Lipinski definition) is 0. The molecular formula is C22H20F3N3. The molecule has 3 aromatic rings. The molecule has 0 radical (unpaired) electrons. The minimum absolute atomic E-state index is 0.0403. The Balaban J connectivity index is 1.74. The molecule has 144 valence electrons. The van der Waals surface area contributed by atoms with Crippen LogP contribution in [0, 0.1) is 6.92 Å². The second-order valence-electron chi connectivity index (χ2n) is 6.97. The van der Waals surface area contributed by atoms with Crippen LogP contribution in [0.1, 0.15) is 34.8 Å². The summed E-state index contributed by atoms with van der Waals surface area (Å²) in [6.45, 7) is 1.61.